The second-order valence-corrected chi connectivity index (χ2v) is 19.5. The number of esters is 2. The van der Waals surface area contributed by atoms with Crippen LogP contribution in [0.1, 0.15) is 258 Å². The summed E-state index contributed by atoms with van der Waals surface area (Å²) in [4.78, 5) is 37.2. The van der Waals surface area contributed by atoms with Gasteiger partial charge in [-0.2, -0.15) is 0 Å². The molecule has 63 heavy (non-hydrogen) atoms. The van der Waals surface area contributed by atoms with Crippen molar-refractivity contribution in [3.05, 3.63) is 12.2 Å². The van der Waals surface area contributed by atoms with Gasteiger partial charge in [0, 0.05) is 12.8 Å². The van der Waals surface area contributed by atoms with Crippen LogP contribution in [0.4, 0.5) is 0 Å². The molecule has 372 valence electrons. The largest absolute Gasteiger partial charge is 0.545 e. The van der Waals surface area contributed by atoms with Gasteiger partial charge in [-0.05, 0) is 38.5 Å². The summed E-state index contributed by atoms with van der Waals surface area (Å²) in [5.41, 5.74) is 0. The number of unbranched alkanes of at least 4 members (excludes halogenated alkanes) is 33. The number of carboxylic acid groups (broad SMARTS) is 1. The Morgan fingerprint density at radius 2 is 0.810 bits per heavy atom. The molecule has 0 spiro atoms. The highest BCUT2D eigenvalue weighted by molar-refractivity contribution is 5.70. The molecule has 0 amide bonds. The minimum atomic E-state index is -1.62. The van der Waals surface area contributed by atoms with Crippen LogP contribution in [0.3, 0.4) is 0 Å². The fraction of sp³-hybridized carbons (Fsp3) is 0.907. The lowest BCUT2D eigenvalue weighted by atomic mass is 10.0. The zero-order valence-corrected chi connectivity index (χ0v) is 42.2. The van der Waals surface area contributed by atoms with Gasteiger partial charge in [-0.15, -0.1) is 0 Å². The second-order valence-electron chi connectivity index (χ2n) is 19.5. The number of carbonyl (C=O) groups excluding carboxylic acids is 3. The molecule has 0 fully saturated rings. The van der Waals surface area contributed by atoms with E-state index in [1.165, 1.54) is 186 Å². The Kier molecular flexibility index (Phi) is 45.1. The molecular weight excluding hydrogens is 791 g/mol. The third kappa shape index (κ3) is 47.8. The predicted molar refractivity (Wildman–Crippen MR) is 260 cm³/mol. The summed E-state index contributed by atoms with van der Waals surface area (Å²) in [7, 11) is 5.92. The minimum absolute atomic E-state index is 0.151. The summed E-state index contributed by atoms with van der Waals surface area (Å²) in [6.07, 6.45) is 48.1. The molecule has 0 aromatic carbocycles. The average molecular weight is 894 g/mol. The smallest absolute Gasteiger partial charge is 0.306 e. The second kappa shape index (κ2) is 46.6. The van der Waals surface area contributed by atoms with Crippen LogP contribution in [0.5, 0.6) is 0 Å². The van der Waals surface area contributed by atoms with E-state index in [9.17, 15) is 19.5 Å². The Morgan fingerprint density at radius 1 is 0.460 bits per heavy atom. The maximum atomic E-state index is 12.8. The third-order valence-corrected chi connectivity index (χ3v) is 12.0. The first-order chi connectivity index (χ1) is 30.6. The van der Waals surface area contributed by atoms with Gasteiger partial charge >= 0.3 is 11.9 Å². The van der Waals surface area contributed by atoms with Crippen molar-refractivity contribution in [2.45, 2.75) is 270 Å². The number of nitrogens with zero attached hydrogens (tertiary/aromatic N) is 1. The minimum Gasteiger partial charge on any atom is -0.545 e. The summed E-state index contributed by atoms with van der Waals surface area (Å²) >= 11 is 0. The highest BCUT2D eigenvalue weighted by atomic mass is 16.7. The number of quaternary nitrogens is 1. The molecule has 2 atom stereocenters. The van der Waals surface area contributed by atoms with E-state index in [-0.39, 0.29) is 32.2 Å². The molecule has 2 unspecified atom stereocenters. The maximum absolute atomic E-state index is 12.8. The lowest BCUT2D eigenvalue weighted by Crippen LogP contribution is -2.44. The molecule has 0 saturated heterocycles. The van der Waals surface area contributed by atoms with Crippen molar-refractivity contribution in [3.63, 3.8) is 0 Å². The Morgan fingerprint density at radius 3 is 1.17 bits per heavy atom. The van der Waals surface area contributed by atoms with Crippen molar-refractivity contribution < 1.29 is 42.9 Å². The molecule has 0 aromatic heterocycles. The van der Waals surface area contributed by atoms with Crippen LogP contribution >= 0.6 is 0 Å². The van der Waals surface area contributed by atoms with Crippen molar-refractivity contribution >= 4 is 17.9 Å². The zero-order valence-electron chi connectivity index (χ0n) is 42.2. The molecule has 0 saturated carbocycles. The summed E-state index contributed by atoms with van der Waals surface area (Å²) in [6, 6.07) is 0. The van der Waals surface area contributed by atoms with Crippen molar-refractivity contribution in [1.82, 2.24) is 0 Å². The van der Waals surface area contributed by atoms with E-state index in [1.807, 2.05) is 21.1 Å². The highest BCUT2D eigenvalue weighted by Gasteiger charge is 2.22. The van der Waals surface area contributed by atoms with Crippen LogP contribution in [0.2, 0.25) is 0 Å². The molecule has 0 N–H and O–H groups in total. The third-order valence-electron chi connectivity index (χ3n) is 12.0. The molecule has 0 rings (SSSR count). The molecule has 0 aliphatic carbocycles. The summed E-state index contributed by atoms with van der Waals surface area (Å²) in [6.45, 7) is 4.79. The van der Waals surface area contributed by atoms with E-state index in [0.717, 1.165) is 38.5 Å². The van der Waals surface area contributed by atoms with Crippen LogP contribution in [0.25, 0.3) is 0 Å². The molecular formula is C54H103NO8. The first-order valence-corrected chi connectivity index (χ1v) is 26.8. The normalized spacial score (nSPS) is 12.8. The number of hydrogen-bond donors (Lipinski definition) is 0. The van der Waals surface area contributed by atoms with Crippen LogP contribution < -0.4 is 5.11 Å². The number of ether oxygens (including phenoxy) is 4. The van der Waals surface area contributed by atoms with Crippen LogP contribution in [-0.4, -0.2) is 82.3 Å². The number of hydrogen-bond acceptors (Lipinski definition) is 8. The van der Waals surface area contributed by atoms with Crippen molar-refractivity contribution in [2.75, 3.05) is 47.5 Å². The van der Waals surface area contributed by atoms with Gasteiger partial charge in [0.1, 0.15) is 13.2 Å². The standard InChI is InChI=1S/C54H103NO8/c1-6-8-10-12-14-16-18-20-22-24-25-26-27-29-31-33-35-37-39-41-43-45-52(57)63-50(49-62-54(53(58)59)60-47-46-55(3,4)5)48-61-51(56)44-42-40-38-36-34-32-30-28-23-21-19-17-15-13-11-9-7-2/h24-25,50,54H,6-23,26-49H2,1-5H3/b25-24-. The monoisotopic (exact) mass is 894 g/mol. The van der Waals surface area contributed by atoms with Crippen LogP contribution in [-0.2, 0) is 33.3 Å². The summed E-state index contributed by atoms with van der Waals surface area (Å²) in [5, 5.41) is 11.7. The van der Waals surface area contributed by atoms with Crippen molar-refractivity contribution in [3.8, 4) is 0 Å². The van der Waals surface area contributed by atoms with Crippen LogP contribution in [0.15, 0.2) is 12.2 Å². The molecule has 0 aliphatic heterocycles. The Bertz CT molecular complexity index is 1040. The molecule has 0 aromatic rings. The van der Waals surface area contributed by atoms with E-state index in [0.29, 0.717) is 23.9 Å². The van der Waals surface area contributed by atoms with E-state index >= 15 is 0 Å². The number of carboxylic acids is 1. The molecule has 0 radical (unpaired) electrons. The molecule has 0 aliphatic rings. The zero-order chi connectivity index (χ0) is 46.3. The summed E-state index contributed by atoms with van der Waals surface area (Å²) in [5.74, 6) is -2.27. The highest BCUT2D eigenvalue weighted by Crippen LogP contribution is 2.16. The summed E-state index contributed by atoms with van der Waals surface area (Å²) < 4.78 is 22.7. The molecule has 9 nitrogen and oxygen atoms in total. The van der Waals surface area contributed by atoms with E-state index < -0.39 is 24.3 Å². The lowest BCUT2D eigenvalue weighted by molar-refractivity contribution is -0.870. The Hall–Kier alpha value is -1.97. The van der Waals surface area contributed by atoms with Crippen molar-refractivity contribution in [2.24, 2.45) is 0 Å². The van der Waals surface area contributed by atoms with E-state index in [2.05, 4.69) is 26.0 Å². The van der Waals surface area contributed by atoms with Gasteiger partial charge in [0.05, 0.1) is 40.3 Å². The van der Waals surface area contributed by atoms with Gasteiger partial charge < -0.3 is 33.3 Å². The van der Waals surface area contributed by atoms with Gasteiger partial charge in [-0.3, -0.25) is 9.59 Å². The SMILES string of the molecule is CCCCCCCCCC/C=C\CCCCCCCCCCCC(=O)OC(COC(=O)CCCCCCCCCCCCCCCCCCC)COC(OCC[N+](C)(C)C)C(=O)[O-]. The number of likely N-dealkylation sites (N-methyl/N-ethyl adjacent to an activating group) is 1. The fourth-order valence-corrected chi connectivity index (χ4v) is 7.83. The number of aliphatic carboxylic acids is 1. The fourth-order valence-electron chi connectivity index (χ4n) is 7.83. The van der Waals surface area contributed by atoms with Gasteiger partial charge in [0.2, 0.25) is 0 Å². The first kappa shape index (κ1) is 61.0. The molecule has 0 bridgehead atoms. The van der Waals surface area contributed by atoms with Crippen LogP contribution in [0, 0.1) is 0 Å². The number of carbonyl (C=O) groups is 3. The quantitative estimate of drug-likeness (QED) is 0.0195. The molecule has 0 heterocycles. The van der Waals surface area contributed by atoms with Gasteiger partial charge in [-0.25, -0.2) is 0 Å². The maximum Gasteiger partial charge on any atom is 0.306 e. The van der Waals surface area contributed by atoms with Gasteiger partial charge in [0.15, 0.2) is 12.4 Å². The first-order valence-electron chi connectivity index (χ1n) is 26.8. The Labute approximate surface area is 389 Å². The predicted octanol–water partition coefficient (Wildman–Crippen LogP) is 13.7. The number of allylic oxidation sites excluding steroid dienone is 2. The Balaban J connectivity index is 4.28. The van der Waals surface area contributed by atoms with E-state index in [4.69, 9.17) is 18.9 Å². The lowest BCUT2D eigenvalue weighted by Gasteiger charge is -2.26. The topological polar surface area (TPSA) is 111 Å². The van der Waals surface area contributed by atoms with Gasteiger partial charge in [0.25, 0.3) is 0 Å². The van der Waals surface area contributed by atoms with Gasteiger partial charge in [-0.1, -0.05) is 219 Å². The molecule has 9 heteroatoms. The van der Waals surface area contributed by atoms with E-state index in [1.54, 1.807) is 0 Å². The number of rotatable bonds is 50. The average Bonchev–Trinajstić information content (AvgIpc) is 3.24. The van der Waals surface area contributed by atoms with Crippen molar-refractivity contribution in [1.29, 1.82) is 0 Å².